The summed E-state index contributed by atoms with van der Waals surface area (Å²) < 4.78 is 26.1. The molecule has 0 unspecified atom stereocenters. The number of allylic oxidation sites excluding steroid dienone is 2. The molecule has 2 aliphatic rings. The van der Waals surface area contributed by atoms with Crippen LogP contribution >= 0.6 is 0 Å². The molecule has 0 saturated heterocycles. The van der Waals surface area contributed by atoms with Crippen molar-refractivity contribution in [3.63, 3.8) is 0 Å². The van der Waals surface area contributed by atoms with E-state index in [0.29, 0.717) is 5.92 Å². The van der Waals surface area contributed by atoms with E-state index in [4.69, 9.17) is 5.26 Å². The van der Waals surface area contributed by atoms with Crippen LogP contribution in [-0.4, -0.2) is 0 Å². The molecule has 2 fully saturated rings. The highest BCUT2D eigenvalue weighted by Gasteiger charge is 2.31. The summed E-state index contributed by atoms with van der Waals surface area (Å²) in [6.07, 6.45) is 10.7. The van der Waals surface area contributed by atoms with Crippen LogP contribution in [0, 0.1) is 34.9 Å². The Balaban J connectivity index is 1.48. The molecule has 0 bridgehead atoms. The quantitative estimate of drug-likeness (QED) is 0.598. The molecule has 0 N–H and O–H groups in total. The van der Waals surface area contributed by atoms with Crippen molar-refractivity contribution >= 4 is 0 Å². The van der Waals surface area contributed by atoms with Gasteiger partial charge in [0, 0.05) is 0 Å². The third kappa shape index (κ3) is 4.23. The average Bonchev–Trinajstić information content (AvgIpc) is 2.63. The summed E-state index contributed by atoms with van der Waals surface area (Å²) in [6.45, 7) is 0. The first-order valence-corrected chi connectivity index (χ1v) is 9.18. The van der Waals surface area contributed by atoms with E-state index in [1.165, 1.54) is 37.3 Å². The minimum Gasteiger partial charge on any atom is -0.207 e. The zero-order chi connectivity index (χ0) is 16.9. The number of hydrogen-bond acceptors (Lipinski definition) is 1. The summed E-state index contributed by atoms with van der Waals surface area (Å²) in [5.74, 6) is 1.58. The van der Waals surface area contributed by atoms with Gasteiger partial charge in [-0.25, -0.2) is 4.39 Å². The summed E-state index contributed by atoms with van der Waals surface area (Å²) >= 11 is 0. The number of hydrogen-bond donors (Lipinski definition) is 0. The van der Waals surface area contributed by atoms with Crippen LogP contribution in [0.25, 0.3) is 0 Å². The molecule has 1 aromatic rings. The molecular formula is C21H25F2N. The SMILES string of the molecule is N#CC(F)=CC1CCC(C2CCC(c3ccc(F)cc3)CC2)CC1. The van der Waals surface area contributed by atoms with E-state index in [2.05, 4.69) is 0 Å². The Labute approximate surface area is 143 Å². The molecule has 2 saturated carbocycles. The summed E-state index contributed by atoms with van der Waals surface area (Å²) in [7, 11) is 0. The predicted molar refractivity (Wildman–Crippen MR) is 91.4 cm³/mol. The second-order valence-corrected chi connectivity index (χ2v) is 7.46. The lowest BCUT2D eigenvalue weighted by molar-refractivity contribution is 0.171. The Morgan fingerprint density at radius 1 is 0.917 bits per heavy atom. The molecular weight excluding hydrogens is 304 g/mol. The van der Waals surface area contributed by atoms with Gasteiger partial charge in [-0.2, -0.15) is 9.65 Å². The minimum atomic E-state index is -0.627. The summed E-state index contributed by atoms with van der Waals surface area (Å²) in [5, 5.41) is 8.54. The van der Waals surface area contributed by atoms with Crippen LogP contribution in [0.2, 0.25) is 0 Å². The van der Waals surface area contributed by atoms with Gasteiger partial charge in [-0.1, -0.05) is 12.1 Å². The van der Waals surface area contributed by atoms with E-state index in [0.717, 1.165) is 37.5 Å². The second kappa shape index (κ2) is 7.92. The molecule has 0 amide bonds. The average molecular weight is 329 g/mol. The molecule has 1 aromatic carbocycles. The fourth-order valence-corrected chi connectivity index (χ4v) is 4.69. The number of benzene rings is 1. The van der Waals surface area contributed by atoms with Crippen molar-refractivity contribution in [1.29, 1.82) is 5.26 Å². The third-order valence-electron chi connectivity index (χ3n) is 6.09. The lowest BCUT2D eigenvalue weighted by Gasteiger charge is -2.37. The van der Waals surface area contributed by atoms with Gasteiger partial charge in [-0.3, -0.25) is 0 Å². The monoisotopic (exact) mass is 329 g/mol. The smallest absolute Gasteiger partial charge is 0.196 e. The zero-order valence-corrected chi connectivity index (χ0v) is 14.1. The van der Waals surface area contributed by atoms with Gasteiger partial charge in [0.05, 0.1) is 0 Å². The van der Waals surface area contributed by atoms with Crippen LogP contribution in [-0.2, 0) is 0 Å². The van der Waals surface area contributed by atoms with Gasteiger partial charge in [-0.05, 0) is 98.8 Å². The zero-order valence-electron chi connectivity index (χ0n) is 14.1. The van der Waals surface area contributed by atoms with Crippen LogP contribution < -0.4 is 0 Å². The molecule has 0 spiro atoms. The van der Waals surface area contributed by atoms with E-state index < -0.39 is 5.83 Å². The second-order valence-electron chi connectivity index (χ2n) is 7.46. The summed E-state index contributed by atoms with van der Waals surface area (Å²) in [6, 6.07) is 8.58. The topological polar surface area (TPSA) is 23.8 Å². The van der Waals surface area contributed by atoms with Crippen LogP contribution in [0.3, 0.4) is 0 Å². The van der Waals surface area contributed by atoms with Gasteiger partial charge >= 0.3 is 0 Å². The van der Waals surface area contributed by atoms with Crippen molar-refractivity contribution in [1.82, 2.24) is 0 Å². The van der Waals surface area contributed by atoms with Gasteiger partial charge in [-0.15, -0.1) is 0 Å². The number of nitriles is 1. The van der Waals surface area contributed by atoms with E-state index in [1.807, 2.05) is 12.1 Å². The first-order valence-electron chi connectivity index (χ1n) is 9.18. The van der Waals surface area contributed by atoms with Gasteiger partial charge in [0.15, 0.2) is 5.83 Å². The Bertz CT molecular complexity index is 598. The molecule has 3 heteroatoms. The normalized spacial score (nSPS) is 31.5. The Morgan fingerprint density at radius 2 is 1.46 bits per heavy atom. The predicted octanol–water partition coefficient (Wildman–Crippen LogP) is 6.28. The van der Waals surface area contributed by atoms with E-state index in [1.54, 1.807) is 18.2 Å². The minimum absolute atomic E-state index is 0.161. The first-order chi connectivity index (χ1) is 11.7. The summed E-state index contributed by atoms with van der Waals surface area (Å²) in [5.41, 5.74) is 1.27. The molecule has 128 valence electrons. The molecule has 0 heterocycles. The van der Waals surface area contributed by atoms with Crippen molar-refractivity contribution in [2.45, 2.75) is 57.3 Å². The van der Waals surface area contributed by atoms with E-state index >= 15 is 0 Å². The lowest BCUT2D eigenvalue weighted by Crippen LogP contribution is -2.25. The van der Waals surface area contributed by atoms with Crippen LogP contribution in [0.5, 0.6) is 0 Å². The fourth-order valence-electron chi connectivity index (χ4n) is 4.69. The first kappa shape index (κ1) is 17.1. The highest BCUT2D eigenvalue weighted by atomic mass is 19.1. The van der Waals surface area contributed by atoms with Gasteiger partial charge in [0.25, 0.3) is 0 Å². The number of halogens is 2. The summed E-state index contributed by atoms with van der Waals surface area (Å²) in [4.78, 5) is 0. The van der Waals surface area contributed by atoms with Crippen molar-refractivity contribution in [2.24, 2.45) is 17.8 Å². The lowest BCUT2D eigenvalue weighted by atomic mass is 9.68. The fraction of sp³-hybridized carbons (Fsp3) is 0.571. The van der Waals surface area contributed by atoms with E-state index in [9.17, 15) is 8.78 Å². The standard InChI is InChI=1S/C21H25F2N/c22-20-11-9-19(10-12-20)18-7-5-17(6-8-18)16-3-1-15(2-4-16)13-21(23)14-24/h9-13,15-18H,1-8H2. The maximum atomic E-state index is 13.1. The van der Waals surface area contributed by atoms with E-state index in [-0.39, 0.29) is 11.7 Å². The largest absolute Gasteiger partial charge is 0.207 e. The third-order valence-corrected chi connectivity index (χ3v) is 6.09. The Kier molecular flexibility index (Phi) is 5.66. The number of nitrogens with zero attached hydrogens (tertiary/aromatic N) is 1. The Hall–Kier alpha value is -1.69. The number of rotatable bonds is 3. The molecule has 0 aliphatic heterocycles. The van der Waals surface area contributed by atoms with Gasteiger partial charge in [0.2, 0.25) is 0 Å². The van der Waals surface area contributed by atoms with Gasteiger partial charge < -0.3 is 0 Å². The molecule has 0 aromatic heterocycles. The van der Waals surface area contributed by atoms with Crippen molar-refractivity contribution < 1.29 is 8.78 Å². The highest BCUT2D eigenvalue weighted by Crippen LogP contribution is 2.44. The molecule has 24 heavy (non-hydrogen) atoms. The van der Waals surface area contributed by atoms with Gasteiger partial charge in [0.1, 0.15) is 11.9 Å². The molecule has 0 atom stereocenters. The molecule has 3 rings (SSSR count). The van der Waals surface area contributed by atoms with Crippen molar-refractivity contribution in [2.75, 3.05) is 0 Å². The maximum Gasteiger partial charge on any atom is 0.196 e. The van der Waals surface area contributed by atoms with Crippen LogP contribution in [0.4, 0.5) is 8.78 Å². The molecule has 1 nitrogen and oxygen atoms in total. The van der Waals surface area contributed by atoms with Crippen LogP contribution in [0.1, 0.15) is 62.8 Å². The molecule has 2 aliphatic carbocycles. The maximum absolute atomic E-state index is 13.1. The van der Waals surface area contributed by atoms with Crippen LogP contribution in [0.15, 0.2) is 36.2 Å². The molecule has 0 radical (unpaired) electrons. The highest BCUT2D eigenvalue weighted by molar-refractivity contribution is 5.21. The van der Waals surface area contributed by atoms with Crippen molar-refractivity contribution in [3.8, 4) is 6.07 Å². The Morgan fingerprint density at radius 3 is 2.00 bits per heavy atom. The van der Waals surface area contributed by atoms with Crippen molar-refractivity contribution in [3.05, 3.63) is 47.5 Å².